The largest absolute Gasteiger partial charge is 0.481 e. The van der Waals surface area contributed by atoms with Crippen LogP contribution in [0.5, 0.6) is 0 Å². The molecule has 1 aromatic rings. The first kappa shape index (κ1) is 16.5. The Hall–Kier alpha value is -1.89. The molecule has 0 aromatic heterocycles. The van der Waals surface area contributed by atoms with Crippen LogP contribution in [0.3, 0.4) is 0 Å². The molecule has 1 aromatic carbocycles. The van der Waals surface area contributed by atoms with Gasteiger partial charge in [-0.2, -0.15) is 0 Å². The van der Waals surface area contributed by atoms with Crippen molar-refractivity contribution in [2.45, 2.75) is 42.9 Å². The summed E-state index contributed by atoms with van der Waals surface area (Å²) in [6.45, 7) is 3.13. The third kappa shape index (κ3) is 3.14. The van der Waals surface area contributed by atoms with Gasteiger partial charge in [0.2, 0.25) is 0 Å². The van der Waals surface area contributed by atoms with Gasteiger partial charge in [-0.15, -0.1) is 0 Å². The average Bonchev–Trinajstić information content (AvgIpc) is 2.41. The summed E-state index contributed by atoms with van der Waals surface area (Å²) in [4.78, 5) is 23.1. The second-order valence-electron chi connectivity index (χ2n) is 5.77. The van der Waals surface area contributed by atoms with Crippen molar-refractivity contribution in [2.75, 3.05) is 0 Å². The fourth-order valence-corrected chi connectivity index (χ4v) is 3.60. The smallest absolute Gasteiger partial charge is 0.306 e. The van der Waals surface area contributed by atoms with Crippen molar-refractivity contribution in [2.24, 2.45) is 5.92 Å². The van der Waals surface area contributed by atoms with Gasteiger partial charge in [0, 0.05) is 6.04 Å². The second kappa shape index (κ2) is 6.08. The summed E-state index contributed by atoms with van der Waals surface area (Å²) in [5, 5.41) is 10.9. The lowest BCUT2D eigenvalue weighted by molar-refractivity contribution is -0.145. The van der Waals surface area contributed by atoms with Gasteiger partial charge in [0.1, 0.15) is 0 Å². The zero-order valence-corrected chi connectivity index (χ0v) is 13.3. The summed E-state index contributed by atoms with van der Waals surface area (Å²) in [6, 6.07) is 5.86. The Morgan fingerprint density at radius 2 is 1.82 bits per heavy atom. The summed E-state index contributed by atoms with van der Waals surface area (Å²) >= 11 is 0. The molecule has 7 heteroatoms. The van der Waals surface area contributed by atoms with Crippen molar-refractivity contribution >= 4 is 21.7 Å². The van der Waals surface area contributed by atoms with Crippen LogP contribution in [0, 0.1) is 5.92 Å². The molecule has 0 spiro atoms. The van der Waals surface area contributed by atoms with Crippen molar-refractivity contribution in [1.29, 1.82) is 0 Å². The van der Waals surface area contributed by atoms with Crippen molar-refractivity contribution in [1.82, 2.24) is 5.32 Å². The van der Waals surface area contributed by atoms with E-state index in [0.29, 0.717) is 12.8 Å². The number of carboxylic acid groups (broad SMARTS) is 1. The first-order chi connectivity index (χ1) is 10.2. The monoisotopic (exact) mass is 325 g/mol. The van der Waals surface area contributed by atoms with E-state index in [0.717, 1.165) is 0 Å². The molecule has 0 heterocycles. The van der Waals surface area contributed by atoms with Gasteiger partial charge in [-0.3, -0.25) is 9.59 Å². The number of hydrogen-bond acceptors (Lipinski definition) is 4. The normalized spacial score (nSPS) is 21.2. The molecular formula is C15H19NO5S. The van der Waals surface area contributed by atoms with Crippen LogP contribution in [0.4, 0.5) is 0 Å². The summed E-state index contributed by atoms with van der Waals surface area (Å²) in [6.07, 6.45) is 0.750. The van der Waals surface area contributed by atoms with Crippen LogP contribution in [-0.2, 0) is 14.6 Å². The Labute approximate surface area is 129 Å². The number of amides is 1. The standard InChI is InChI=1S/C15H19NO5S/c1-9(2)22(20,21)13-6-4-3-5-12(13)14(17)16-11-7-10(8-11)15(18)19/h3-6,9-11H,7-8H2,1-2H3,(H,16,17)(H,18,19). The first-order valence-electron chi connectivity index (χ1n) is 7.10. The fourth-order valence-electron chi connectivity index (χ4n) is 2.36. The fraction of sp³-hybridized carbons (Fsp3) is 0.467. The second-order valence-corrected chi connectivity index (χ2v) is 8.24. The van der Waals surface area contributed by atoms with Crippen molar-refractivity contribution in [3.05, 3.63) is 29.8 Å². The number of hydrogen-bond donors (Lipinski definition) is 2. The highest BCUT2D eigenvalue weighted by Crippen LogP contribution is 2.28. The van der Waals surface area contributed by atoms with Crippen LogP contribution in [0.2, 0.25) is 0 Å². The zero-order valence-electron chi connectivity index (χ0n) is 12.4. The molecule has 2 N–H and O–H groups in total. The van der Waals surface area contributed by atoms with Gasteiger partial charge in [-0.05, 0) is 38.8 Å². The van der Waals surface area contributed by atoms with E-state index in [1.165, 1.54) is 12.1 Å². The maximum atomic E-state index is 12.3. The van der Waals surface area contributed by atoms with E-state index in [1.807, 2.05) is 0 Å². The van der Waals surface area contributed by atoms with Gasteiger partial charge in [0.15, 0.2) is 9.84 Å². The summed E-state index contributed by atoms with van der Waals surface area (Å²) in [5.74, 6) is -1.78. The van der Waals surface area contributed by atoms with Crippen LogP contribution in [0.15, 0.2) is 29.2 Å². The summed E-state index contributed by atoms with van der Waals surface area (Å²) in [5.41, 5.74) is 0.106. The molecule has 2 rings (SSSR count). The minimum Gasteiger partial charge on any atom is -0.481 e. The van der Waals surface area contributed by atoms with Gasteiger partial charge >= 0.3 is 5.97 Å². The zero-order chi connectivity index (χ0) is 16.5. The highest BCUT2D eigenvalue weighted by molar-refractivity contribution is 7.92. The van der Waals surface area contributed by atoms with Crippen LogP contribution in [0.1, 0.15) is 37.0 Å². The lowest BCUT2D eigenvalue weighted by Crippen LogP contribution is -2.47. The molecule has 0 bridgehead atoms. The molecule has 0 radical (unpaired) electrons. The third-order valence-corrected chi connectivity index (χ3v) is 6.09. The Bertz CT molecular complexity index is 690. The number of sulfone groups is 1. The van der Waals surface area contributed by atoms with Crippen molar-refractivity contribution in [3.63, 3.8) is 0 Å². The molecule has 1 fully saturated rings. The van der Waals surface area contributed by atoms with Gasteiger partial charge in [0.25, 0.3) is 5.91 Å². The Kier molecular flexibility index (Phi) is 4.55. The highest BCUT2D eigenvalue weighted by Gasteiger charge is 2.36. The van der Waals surface area contributed by atoms with E-state index < -0.39 is 32.9 Å². The third-order valence-electron chi connectivity index (χ3n) is 3.88. The van der Waals surface area contributed by atoms with Crippen molar-refractivity contribution in [3.8, 4) is 0 Å². The Morgan fingerprint density at radius 3 is 2.36 bits per heavy atom. The molecule has 1 aliphatic rings. The van der Waals surface area contributed by atoms with Crippen molar-refractivity contribution < 1.29 is 23.1 Å². The molecule has 0 saturated heterocycles. The number of carboxylic acids is 1. The number of aliphatic carboxylic acids is 1. The SMILES string of the molecule is CC(C)S(=O)(=O)c1ccccc1C(=O)NC1CC(C(=O)O)C1. The molecule has 0 unspecified atom stereocenters. The number of benzene rings is 1. The minimum atomic E-state index is -3.56. The van der Waals surface area contributed by atoms with Gasteiger partial charge in [-0.1, -0.05) is 12.1 Å². The molecular weight excluding hydrogens is 306 g/mol. The number of carbonyl (C=O) groups excluding carboxylic acids is 1. The molecule has 0 aliphatic heterocycles. The predicted octanol–water partition coefficient (Wildman–Crippen LogP) is 1.46. The van der Waals surface area contributed by atoms with Crippen LogP contribution in [-0.4, -0.2) is 36.7 Å². The average molecular weight is 325 g/mol. The minimum absolute atomic E-state index is 0.0107. The maximum Gasteiger partial charge on any atom is 0.306 e. The molecule has 120 valence electrons. The number of rotatable bonds is 5. The lowest BCUT2D eigenvalue weighted by atomic mass is 9.80. The molecule has 1 aliphatic carbocycles. The quantitative estimate of drug-likeness (QED) is 0.853. The molecule has 1 saturated carbocycles. The van der Waals surface area contributed by atoms with Crippen LogP contribution in [0.25, 0.3) is 0 Å². The first-order valence-corrected chi connectivity index (χ1v) is 8.64. The maximum absolute atomic E-state index is 12.3. The van der Waals surface area contributed by atoms with E-state index in [2.05, 4.69) is 5.32 Å². The molecule has 22 heavy (non-hydrogen) atoms. The van der Waals surface area contributed by atoms with E-state index in [1.54, 1.807) is 26.0 Å². The van der Waals surface area contributed by atoms with Gasteiger partial charge < -0.3 is 10.4 Å². The van der Waals surface area contributed by atoms with E-state index in [-0.39, 0.29) is 16.5 Å². The highest BCUT2D eigenvalue weighted by atomic mass is 32.2. The topological polar surface area (TPSA) is 101 Å². The summed E-state index contributed by atoms with van der Waals surface area (Å²) < 4.78 is 24.6. The van der Waals surface area contributed by atoms with E-state index >= 15 is 0 Å². The van der Waals surface area contributed by atoms with Gasteiger partial charge in [0.05, 0.1) is 21.6 Å². The Morgan fingerprint density at radius 1 is 1.23 bits per heavy atom. The number of nitrogens with one attached hydrogen (secondary N) is 1. The van der Waals surface area contributed by atoms with Gasteiger partial charge in [-0.25, -0.2) is 8.42 Å². The van der Waals surface area contributed by atoms with Crippen LogP contribution < -0.4 is 5.32 Å². The number of carbonyl (C=O) groups is 2. The summed E-state index contributed by atoms with van der Waals surface area (Å²) in [7, 11) is -3.56. The Balaban J connectivity index is 2.17. The van der Waals surface area contributed by atoms with E-state index in [9.17, 15) is 18.0 Å². The lowest BCUT2D eigenvalue weighted by Gasteiger charge is -2.33. The molecule has 1 amide bonds. The molecule has 0 atom stereocenters. The van der Waals surface area contributed by atoms with E-state index in [4.69, 9.17) is 5.11 Å². The van der Waals surface area contributed by atoms with Crippen LogP contribution >= 0.6 is 0 Å². The molecule has 6 nitrogen and oxygen atoms in total. The predicted molar refractivity (Wildman–Crippen MR) is 80.4 cm³/mol.